The van der Waals surface area contributed by atoms with Gasteiger partial charge in [-0.05, 0) is 0 Å². The zero-order valence-electron chi connectivity index (χ0n) is 4.51. The van der Waals surface area contributed by atoms with Gasteiger partial charge in [0.1, 0.15) is 5.03 Å². The topological polar surface area (TPSA) is 41.6 Å². The number of H-pyrrole nitrogens is 1. The summed E-state index contributed by atoms with van der Waals surface area (Å²) in [5.74, 6) is 0. The molecule has 0 aliphatic heterocycles. The molecule has 0 aliphatic rings. The number of alkyl halides is 3. The second kappa shape index (κ2) is 2.49. The van der Waals surface area contributed by atoms with Gasteiger partial charge in [-0.25, -0.2) is 0 Å². The summed E-state index contributed by atoms with van der Waals surface area (Å²) in [5.41, 5.74) is -4.28. The quantitative estimate of drug-likeness (QED) is 0.646. The molecule has 1 rings (SSSR count). The van der Waals surface area contributed by atoms with E-state index < -0.39 is 5.51 Å². The summed E-state index contributed by atoms with van der Waals surface area (Å²) in [6.45, 7) is 0. The van der Waals surface area contributed by atoms with E-state index in [1.54, 1.807) is 0 Å². The van der Waals surface area contributed by atoms with Crippen molar-refractivity contribution in [3.63, 3.8) is 0 Å². The predicted molar refractivity (Wildman–Crippen MR) is 28.3 cm³/mol. The van der Waals surface area contributed by atoms with Gasteiger partial charge in [-0.2, -0.15) is 23.5 Å². The molecule has 0 spiro atoms. The summed E-state index contributed by atoms with van der Waals surface area (Å²) >= 11 is -0.297. The van der Waals surface area contributed by atoms with Gasteiger partial charge in [0, 0.05) is 11.8 Å². The van der Waals surface area contributed by atoms with E-state index in [4.69, 9.17) is 0 Å². The molecule has 0 bridgehead atoms. The smallest absolute Gasteiger partial charge is 0.197 e. The van der Waals surface area contributed by atoms with E-state index in [2.05, 4.69) is 10.2 Å². The number of hydrogen-bond acceptors (Lipinski definition) is 3. The van der Waals surface area contributed by atoms with Gasteiger partial charge in [0.2, 0.25) is 0 Å². The molecule has 1 aromatic rings. The van der Waals surface area contributed by atoms with Crippen molar-refractivity contribution in [3.05, 3.63) is 6.20 Å². The molecule has 0 unspecified atom stereocenters. The van der Waals surface area contributed by atoms with Gasteiger partial charge in [-0.1, -0.05) is 0 Å². The van der Waals surface area contributed by atoms with Crippen LogP contribution in [-0.2, 0) is 0 Å². The predicted octanol–water partition coefficient (Wildman–Crippen LogP) is 1.42. The Balaban J connectivity index is 2.57. The van der Waals surface area contributed by atoms with Crippen LogP contribution in [0.15, 0.2) is 11.2 Å². The van der Waals surface area contributed by atoms with E-state index in [-0.39, 0.29) is 16.8 Å². The minimum atomic E-state index is -4.28. The molecule has 7 heteroatoms. The number of aromatic nitrogens is 3. The molecular weight excluding hydrogens is 167 g/mol. The van der Waals surface area contributed by atoms with Crippen LogP contribution in [0.3, 0.4) is 0 Å². The molecule has 3 nitrogen and oxygen atoms in total. The van der Waals surface area contributed by atoms with Crippen molar-refractivity contribution in [1.82, 2.24) is 15.4 Å². The second-order valence-electron chi connectivity index (χ2n) is 1.36. The van der Waals surface area contributed by atoms with Crippen molar-refractivity contribution in [2.45, 2.75) is 10.5 Å². The minimum absolute atomic E-state index is 0.174. The third-order valence-corrected chi connectivity index (χ3v) is 1.25. The number of nitrogens with one attached hydrogen (secondary N) is 1. The van der Waals surface area contributed by atoms with Crippen LogP contribution in [0, 0.1) is 0 Å². The molecule has 0 aromatic carbocycles. The highest BCUT2D eigenvalue weighted by molar-refractivity contribution is 8.00. The lowest BCUT2D eigenvalue weighted by atomic mass is 11.0. The zero-order valence-corrected chi connectivity index (χ0v) is 5.33. The van der Waals surface area contributed by atoms with Gasteiger partial charge in [0.05, 0.1) is 6.20 Å². The van der Waals surface area contributed by atoms with Crippen LogP contribution in [0.25, 0.3) is 0 Å². The maximum atomic E-state index is 11.5. The summed E-state index contributed by atoms with van der Waals surface area (Å²) < 4.78 is 34.5. The third kappa shape index (κ3) is 2.26. The van der Waals surface area contributed by atoms with Crippen molar-refractivity contribution in [1.29, 1.82) is 0 Å². The van der Waals surface area contributed by atoms with Crippen LogP contribution >= 0.6 is 11.8 Å². The van der Waals surface area contributed by atoms with E-state index in [1.807, 2.05) is 5.21 Å². The van der Waals surface area contributed by atoms with Crippen molar-refractivity contribution in [3.8, 4) is 0 Å². The van der Waals surface area contributed by atoms with Crippen molar-refractivity contribution >= 4 is 11.8 Å². The van der Waals surface area contributed by atoms with Gasteiger partial charge in [-0.15, -0.1) is 5.10 Å². The Kier molecular flexibility index (Phi) is 1.84. The molecule has 0 saturated heterocycles. The van der Waals surface area contributed by atoms with Crippen molar-refractivity contribution in [2.75, 3.05) is 0 Å². The summed E-state index contributed by atoms with van der Waals surface area (Å²) in [6.07, 6.45) is 1.01. The minimum Gasteiger partial charge on any atom is -0.197 e. The first-order valence-corrected chi connectivity index (χ1v) is 3.01. The molecule has 0 atom stereocenters. The fourth-order valence-electron chi connectivity index (χ4n) is 0.359. The maximum absolute atomic E-state index is 11.5. The summed E-state index contributed by atoms with van der Waals surface area (Å²) in [4.78, 5) is 0. The third-order valence-electron chi connectivity index (χ3n) is 0.613. The molecule has 0 fully saturated rings. The van der Waals surface area contributed by atoms with Crippen LogP contribution in [0.2, 0.25) is 0 Å². The van der Waals surface area contributed by atoms with E-state index in [0.29, 0.717) is 0 Å². The standard InChI is InChI=1S/C3H2F3N3S/c4-3(5,6)10-2-1-7-9-8-2/h1H,(H,7,8,9). The summed E-state index contributed by atoms with van der Waals surface area (Å²) in [6, 6.07) is 0. The Morgan fingerprint density at radius 3 is 2.60 bits per heavy atom. The SMILES string of the molecule is FC(F)(F)Sc1cn[nH]n1. The molecule has 1 aromatic heterocycles. The Morgan fingerprint density at radius 1 is 1.50 bits per heavy atom. The lowest BCUT2D eigenvalue weighted by molar-refractivity contribution is -0.0329. The van der Waals surface area contributed by atoms with Crippen LogP contribution in [0.5, 0.6) is 0 Å². The highest BCUT2D eigenvalue weighted by Gasteiger charge is 2.30. The van der Waals surface area contributed by atoms with Gasteiger partial charge in [0.15, 0.2) is 0 Å². The lowest BCUT2D eigenvalue weighted by Gasteiger charge is -1.99. The van der Waals surface area contributed by atoms with Crippen LogP contribution in [0.1, 0.15) is 0 Å². The summed E-state index contributed by atoms with van der Waals surface area (Å²) in [5, 5.41) is 8.32. The average Bonchev–Trinajstić information content (AvgIpc) is 2.12. The van der Waals surface area contributed by atoms with Gasteiger partial charge in [0.25, 0.3) is 0 Å². The first-order chi connectivity index (χ1) is 4.58. The molecule has 0 amide bonds. The first-order valence-electron chi connectivity index (χ1n) is 2.19. The second-order valence-corrected chi connectivity index (χ2v) is 2.44. The molecule has 0 radical (unpaired) electrons. The largest absolute Gasteiger partial charge is 0.447 e. The number of rotatable bonds is 1. The highest BCUT2D eigenvalue weighted by Crippen LogP contribution is 2.34. The monoisotopic (exact) mass is 169 g/mol. The molecule has 0 aliphatic carbocycles. The number of aromatic amines is 1. The average molecular weight is 169 g/mol. The van der Waals surface area contributed by atoms with E-state index in [0.717, 1.165) is 6.20 Å². The van der Waals surface area contributed by atoms with E-state index in [1.165, 1.54) is 0 Å². The molecule has 56 valence electrons. The normalized spacial score (nSPS) is 11.9. The lowest BCUT2D eigenvalue weighted by Crippen LogP contribution is -1.98. The van der Waals surface area contributed by atoms with Gasteiger partial charge >= 0.3 is 5.51 Å². The Labute approximate surface area is 58.0 Å². The van der Waals surface area contributed by atoms with Crippen LogP contribution < -0.4 is 0 Å². The van der Waals surface area contributed by atoms with Crippen molar-refractivity contribution in [2.24, 2.45) is 0 Å². The fraction of sp³-hybridized carbons (Fsp3) is 0.333. The molecule has 1 N–H and O–H groups in total. The molecule has 1 heterocycles. The van der Waals surface area contributed by atoms with E-state index in [9.17, 15) is 13.2 Å². The summed E-state index contributed by atoms with van der Waals surface area (Å²) in [7, 11) is 0. The van der Waals surface area contributed by atoms with Gasteiger partial charge < -0.3 is 0 Å². The molecular formula is C3H2F3N3S. The van der Waals surface area contributed by atoms with Crippen LogP contribution in [0.4, 0.5) is 13.2 Å². The molecule has 10 heavy (non-hydrogen) atoms. The fourth-order valence-corrected chi connectivity index (χ4v) is 0.788. The Bertz CT molecular complexity index is 193. The van der Waals surface area contributed by atoms with Gasteiger partial charge in [-0.3, -0.25) is 0 Å². The van der Waals surface area contributed by atoms with Crippen molar-refractivity contribution < 1.29 is 13.2 Å². The maximum Gasteiger partial charge on any atom is 0.447 e. The van der Waals surface area contributed by atoms with Crippen LogP contribution in [-0.4, -0.2) is 20.9 Å². The number of thioether (sulfide) groups is 1. The number of nitrogens with zero attached hydrogens (tertiary/aromatic N) is 2. The number of hydrogen-bond donors (Lipinski definition) is 1. The molecule has 0 saturated carbocycles. The Morgan fingerprint density at radius 2 is 2.20 bits per heavy atom. The first kappa shape index (κ1) is 7.39. The highest BCUT2D eigenvalue weighted by atomic mass is 32.2. The zero-order chi connectivity index (χ0) is 7.61. The number of halogens is 3. The van der Waals surface area contributed by atoms with E-state index >= 15 is 0 Å². The Hall–Kier alpha value is -0.720.